The minimum Gasteiger partial charge on any atom is -0.380 e. The number of morpholine rings is 1. The number of halogens is 1. The van der Waals surface area contributed by atoms with Crippen molar-refractivity contribution in [3.05, 3.63) is 50.5 Å². The zero-order chi connectivity index (χ0) is 21.1. The first-order valence-electron chi connectivity index (χ1n) is 10.5. The van der Waals surface area contributed by atoms with Gasteiger partial charge in [0.05, 0.1) is 13.2 Å². The van der Waals surface area contributed by atoms with Gasteiger partial charge in [-0.2, -0.15) is 0 Å². The summed E-state index contributed by atoms with van der Waals surface area (Å²) < 4.78 is 18.6. The molecular weight excluding hydrogens is 389 g/mol. The Morgan fingerprint density at radius 1 is 1.10 bits per heavy atom. The lowest BCUT2D eigenvalue weighted by Gasteiger charge is -2.32. The van der Waals surface area contributed by atoms with E-state index in [1.165, 1.54) is 12.1 Å². The molecule has 1 aliphatic carbocycles. The van der Waals surface area contributed by atoms with Gasteiger partial charge in [0.25, 0.3) is 10.9 Å². The van der Waals surface area contributed by atoms with Gasteiger partial charge in [-0.3, -0.25) is 14.4 Å². The molecule has 30 heavy (non-hydrogen) atoms. The first-order valence-corrected chi connectivity index (χ1v) is 10.5. The second-order valence-electron chi connectivity index (χ2n) is 8.08. The number of carbonyl (C=O) groups excluding carboxylic acids is 1. The third kappa shape index (κ3) is 4.38. The average molecular weight is 415 g/mol. The highest BCUT2D eigenvalue weighted by Gasteiger charge is 2.29. The van der Waals surface area contributed by atoms with Crippen LogP contribution in [-0.2, 0) is 9.53 Å². The normalized spacial score (nSPS) is 22.1. The molecule has 7 nitrogen and oxygen atoms in total. The van der Waals surface area contributed by atoms with Crippen molar-refractivity contribution in [2.75, 3.05) is 48.4 Å². The molecule has 2 N–H and O–H groups in total. The van der Waals surface area contributed by atoms with Crippen LogP contribution < -0.4 is 26.4 Å². The molecule has 1 amide bonds. The molecule has 8 heteroatoms. The van der Waals surface area contributed by atoms with Crippen molar-refractivity contribution in [1.29, 1.82) is 0 Å². The monoisotopic (exact) mass is 415 g/mol. The minimum absolute atomic E-state index is 0.0795. The van der Waals surface area contributed by atoms with Gasteiger partial charge in [0.15, 0.2) is 0 Å². The van der Waals surface area contributed by atoms with Crippen LogP contribution in [0.5, 0.6) is 0 Å². The summed E-state index contributed by atoms with van der Waals surface area (Å²) in [5.41, 5.74) is 0.524. The summed E-state index contributed by atoms with van der Waals surface area (Å²) in [6.07, 6.45) is 3.21. The predicted octanol–water partition coefficient (Wildman–Crippen LogP) is 2.12. The molecule has 4 rings (SSSR count). The number of carbonyl (C=O) groups is 1. The highest BCUT2D eigenvalue weighted by molar-refractivity contribution is 5.92. The Bertz CT molecular complexity index is 971. The fourth-order valence-electron chi connectivity index (χ4n) is 4.32. The van der Waals surface area contributed by atoms with Gasteiger partial charge >= 0.3 is 0 Å². The summed E-state index contributed by atoms with van der Waals surface area (Å²) in [5.74, 6) is -0.217. The van der Waals surface area contributed by atoms with E-state index < -0.39 is 10.9 Å². The number of ether oxygens (including phenoxy) is 1. The van der Waals surface area contributed by atoms with Gasteiger partial charge in [-0.25, -0.2) is 4.39 Å². The van der Waals surface area contributed by atoms with Gasteiger partial charge in [0.2, 0.25) is 5.91 Å². The first-order chi connectivity index (χ1) is 14.5. The Kier molecular flexibility index (Phi) is 6.13. The topological polar surface area (TPSA) is 87.7 Å². The van der Waals surface area contributed by atoms with Crippen molar-refractivity contribution >= 4 is 23.0 Å². The molecule has 1 aliphatic heterocycles. The molecule has 0 spiro atoms. The molecule has 0 aromatic heterocycles. The third-order valence-corrected chi connectivity index (χ3v) is 6.09. The Hall–Kier alpha value is -2.74. The Labute approximate surface area is 173 Å². The van der Waals surface area contributed by atoms with Crippen molar-refractivity contribution in [3.8, 4) is 0 Å². The molecular formula is C22H26FN3O4. The fourth-order valence-corrected chi connectivity index (χ4v) is 4.32. The number of amides is 1. The highest BCUT2D eigenvalue weighted by atomic mass is 19.1. The quantitative estimate of drug-likeness (QED) is 0.703. The fraction of sp³-hybridized carbons (Fsp3) is 0.500. The standard InChI is InChI=1S/C22H26FN3O4/c23-16-2-1-3-17(12-16)25-22(29)15-6-4-14(5-7-15)13-24-18-19(21(28)20(18)27)26-8-10-30-11-9-26/h1-3,12,14-15,24H,4-11,13H2,(H,25,29). The third-order valence-electron chi connectivity index (χ3n) is 6.09. The SMILES string of the molecule is O=C(Nc1cccc(F)c1)C1CCC(CNc2c(N3CCOCC3)c(=O)c2=O)CC1. The van der Waals surface area contributed by atoms with E-state index in [0.29, 0.717) is 55.8 Å². The molecule has 0 radical (unpaired) electrons. The van der Waals surface area contributed by atoms with Crippen LogP contribution >= 0.6 is 0 Å². The van der Waals surface area contributed by atoms with Crippen LogP contribution in [0.15, 0.2) is 33.9 Å². The van der Waals surface area contributed by atoms with Crippen molar-refractivity contribution in [2.24, 2.45) is 11.8 Å². The molecule has 2 aliphatic rings. The lowest BCUT2D eigenvalue weighted by molar-refractivity contribution is -0.121. The van der Waals surface area contributed by atoms with Crippen molar-refractivity contribution in [1.82, 2.24) is 0 Å². The van der Waals surface area contributed by atoms with Crippen molar-refractivity contribution in [2.45, 2.75) is 25.7 Å². The van der Waals surface area contributed by atoms with E-state index in [2.05, 4.69) is 10.6 Å². The van der Waals surface area contributed by atoms with E-state index in [0.717, 1.165) is 25.7 Å². The summed E-state index contributed by atoms with van der Waals surface area (Å²) in [5, 5.41) is 5.98. The largest absolute Gasteiger partial charge is 0.380 e. The number of hydrogen-bond acceptors (Lipinski definition) is 6. The molecule has 2 aromatic carbocycles. The number of nitrogens with one attached hydrogen (secondary N) is 2. The molecule has 0 unspecified atom stereocenters. The minimum atomic E-state index is -0.445. The van der Waals surface area contributed by atoms with Gasteiger partial charge in [-0.1, -0.05) is 6.07 Å². The van der Waals surface area contributed by atoms with Crippen LogP contribution in [0, 0.1) is 17.7 Å². The van der Waals surface area contributed by atoms with Crippen LogP contribution in [0.4, 0.5) is 21.5 Å². The van der Waals surface area contributed by atoms with Crippen LogP contribution in [0.1, 0.15) is 25.7 Å². The second kappa shape index (κ2) is 8.95. The summed E-state index contributed by atoms with van der Waals surface area (Å²) in [4.78, 5) is 38.4. The van der Waals surface area contributed by atoms with E-state index in [-0.39, 0.29) is 17.6 Å². The van der Waals surface area contributed by atoms with Gasteiger partial charge in [0, 0.05) is 31.2 Å². The van der Waals surface area contributed by atoms with E-state index in [1.54, 1.807) is 12.1 Å². The summed E-state index contributed by atoms with van der Waals surface area (Å²) in [7, 11) is 0. The molecule has 1 heterocycles. The zero-order valence-electron chi connectivity index (χ0n) is 16.8. The number of nitrogens with zero attached hydrogens (tertiary/aromatic N) is 1. The predicted molar refractivity (Wildman–Crippen MR) is 113 cm³/mol. The van der Waals surface area contributed by atoms with Crippen molar-refractivity contribution < 1.29 is 13.9 Å². The van der Waals surface area contributed by atoms with Gasteiger partial charge < -0.3 is 20.3 Å². The number of anilines is 3. The van der Waals surface area contributed by atoms with Crippen LogP contribution in [0.3, 0.4) is 0 Å². The molecule has 160 valence electrons. The maximum absolute atomic E-state index is 13.3. The Morgan fingerprint density at radius 2 is 1.83 bits per heavy atom. The van der Waals surface area contributed by atoms with E-state index in [9.17, 15) is 18.8 Å². The number of benzene rings is 1. The van der Waals surface area contributed by atoms with Gasteiger partial charge in [0.1, 0.15) is 17.2 Å². The summed E-state index contributed by atoms with van der Waals surface area (Å²) >= 11 is 0. The maximum Gasteiger partial charge on any atom is 0.253 e. The van der Waals surface area contributed by atoms with E-state index in [1.807, 2.05) is 4.90 Å². The summed E-state index contributed by atoms with van der Waals surface area (Å²) in [6, 6.07) is 5.89. The first kappa shape index (κ1) is 20.5. The Morgan fingerprint density at radius 3 is 2.53 bits per heavy atom. The van der Waals surface area contributed by atoms with Gasteiger partial charge in [-0.15, -0.1) is 0 Å². The molecule has 1 saturated carbocycles. The maximum atomic E-state index is 13.3. The molecule has 2 aromatic rings. The van der Waals surface area contributed by atoms with Gasteiger partial charge in [-0.05, 0) is 49.8 Å². The molecule has 0 bridgehead atoms. The number of hydrogen-bond donors (Lipinski definition) is 2. The highest BCUT2D eigenvalue weighted by Crippen LogP contribution is 2.31. The molecule has 2 fully saturated rings. The lowest BCUT2D eigenvalue weighted by Crippen LogP contribution is -2.47. The lowest BCUT2D eigenvalue weighted by atomic mass is 9.81. The zero-order valence-corrected chi connectivity index (χ0v) is 16.8. The van der Waals surface area contributed by atoms with Crippen LogP contribution in [0.2, 0.25) is 0 Å². The van der Waals surface area contributed by atoms with Crippen LogP contribution in [0.25, 0.3) is 0 Å². The average Bonchev–Trinajstić information content (AvgIpc) is 2.77. The number of rotatable bonds is 6. The van der Waals surface area contributed by atoms with Crippen LogP contribution in [-0.4, -0.2) is 38.8 Å². The van der Waals surface area contributed by atoms with Crippen molar-refractivity contribution in [3.63, 3.8) is 0 Å². The van der Waals surface area contributed by atoms with E-state index in [4.69, 9.17) is 4.74 Å². The molecule has 0 atom stereocenters. The Balaban J connectivity index is 1.27. The van der Waals surface area contributed by atoms with E-state index >= 15 is 0 Å². The second-order valence-corrected chi connectivity index (χ2v) is 8.08. The molecule has 1 saturated heterocycles. The summed E-state index contributed by atoms with van der Waals surface area (Å²) in [6.45, 7) is 2.95. The smallest absolute Gasteiger partial charge is 0.253 e.